The highest BCUT2D eigenvalue weighted by Crippen LogP contribution is 2.40. The van der Waals surface area contributed by atoms with Gasteiger partial charge in [-0.2, -0.15) is 11.8 Å². The standard InChI is InChI=1S/C14H25N5S/c1-4-14(5-2)10-18(8-9-20-14)11(3)13-15-16-17-19(13)12-6-7-12/h11-12H,4-10H2,1-3H3. The summed E-state index contributed by atoms with van der Waals surface area (Å²) in [7, 11) is 0. The zero-order valence-electron chi connectivity index (χ0n) is 12.7. The third-order valence-corrected chi connectivity index (χ3v) is 6.60. The maximum absolute atomic E-state index is 4.31. The van der Waals surface area contributed by atoms with Gasteiger partial charge < -0.3 is 0 Å². The predicted molar refractivity (Wildman–Crippen MR) is 81.8 cm³/mol. The molecule has 20 heavy (non-hydrogen) atoms. The van der Waals surface area contributed by atoms with Crippen LogP contribution >= 0.6 is 11.8 Å². The molecule has 2 heterocycles. The van der Waals surface area contributed by atoms with Gasteiger partial charge in [0, 0.05) is 23.6 Å². The molecule has 0 spiro atoms. The molecule has 5 nitrogen and oxygen atoms in total. The summed E-state index contributed by atoms with van der Waals surface area (Å²) < 4.78 is 2.48. The lowest BCUT2D eigenvalue weighted by Gasteiger charge is -2.43. The maximum Gasteiger partial charge on any atom is 0.168 e. The number of thioether (sulfide) groups is 1. The summed E-state index contributed by atoms with van der Waals surface area (Å²) in [6.45, 7) is 9.20. The van der Waals surface area contributed by atoms with Crippen molar-refractivity contribution in [3.05, 3.63) is 5.82 Å². The van der Waals surface area contributed by atoms with Gasteiger partial charge in [0.1, 0.15) is 0 Å². The molecule has 1 saturated carbocycles. The fourth-order valence-electron chi connectivity index (χ4n) is 3.10. The predicted octanol–water partition coefficient (Wildman–Crippen LogP) is 2.68. The smallest absolute Gasteiger partial charge is 0.168 e. The molecule has 1 aliphatic heterocycles. The monoisotopic (exact) mass is 295 g/mol. The second kappa shape index (κ2) is 5.64. The van der Waals surface area contributed by atoms with Crippen molar-refractivity contribution in [3.63, 3.8) is 0 Å². The Bertz CT molecular complexity index is 452. The molecule has 0 radical (unpaired) electrons. The molecule has 0 bridgehead atoms. The van der Waals surface area contributed by atoms with E-state index in [9.17, 15) is 0 Å². The highest BCUT2D eigenvalue weighted by molar-refractivity contribution is 8.00. The third kappa shape index (κ3) is 2.60. The van der Waals surface area contributed by atoms with Crippen molar-refractivity contribution in [2.75, 3.05) is 18.8 Å². The minimum Gasteiger partial charge on any atom is -0.291 e. The van der Waals surface area contributed by atoms with Gasteiger partial charge in [0.15, 0.2) is 5.82 Å². The van der Waals surface area contributed by atoms with Gasteiger partial charge in [0.25, 0.3) is 0 Å². The Kier molecular flexibility index (Phi) is 4.04. The second-order valence-electron chi connectivity index (χ2n) is 6.10. The van der Waals surface area contributed by atoms with E-state index in [2.05, 4.69) is 57.6 Å². The molecule has 0 N–H and O–H groups in total. The fraction of sp³-hybridized carbons (Fsp3) is 0.929. The van der Waals surface area contributed by atoms with Gasteiger partial charge in [-0.3, -0.25) is 4.90 Å². The second-order valence-corrected chi connectivity index (χ2v) is 7.66. The first-order valence-corrected chi connectivity index (χ1v) is 8.83. The van der Waals surface area contributed by atoms with Crippen molar-refractivity contribution < 1.29 is 0 Å². The molecule has 1 aromatic rings. The molecule has 2 fully saturated rings. The highest BCUT2D eigenvalue weighted by atomic mass is 32.2. The van der Waals surface area contributed by atoms with Crippen molar-refractivity contribution >= 4 is 11.8 Å². The summed E-state index contributed by atoms with van der Waals surface area (Å²) in [6, 6.07) is 0.882. The summed E-state index contributed by atoms with van der Waals surface area (Å²) in [5, 5.41) is 12.4. The van der Waals surface area contributed by atoms with Crippen LogP contribution in [0.3, 0.4) is 0 Å². The Labute approximate surface area is 125 Å². The third-order valence-electron chi connectivity index (χ3n) is 4.90. The number of hydrogen-bond donors (Lipinski definition) is 0. The van der Waals surface area contributed by atoms with Crippen LogP contribution in [0.2, 0.25) is 0 Å². The number of aromatic nitrogens is 4. The van der Waals surface area contributed by atoms with Gasteiger partial charge in [-0.05, 0) is 43.0 Å². The summed E-state index contributed by atoms with van der Waals surface area (Å²) in [6.07, 6.45) is 4.94. The van der Waals surface area contributed by atoms with E-state index < -0.39 is 0 Å². The first-order valence-electron chi connectivity index (χ1n) is 7.85. The zero-order chi connectivity index (χ0) is 14.2. The molecule has 3 rings (SSSR count). The molecular formula is C14H25N5S. The topological polar surface area (TPSA) is 46.8 Å². The molecule has 2 aliphatic rings. The largest absolute Gasteiger partial charge is 0.291 e. The van der Waals surface area contributed by atoms with Gasteiger partial charge in [0.05, 0.1) is 12.1 Å². The lowest BCUT2D eigenvalue weighted by atomic mass is 10.00. The average molecular weight is 295 g/mol. The SMILES string of the molecule is CCC1(CC)CN(C(C)c2nnnn2C2CC2)CCS1. The van der Waals surface area contributed by atoms with Crippen LogP contribution in [0.15, 0.2) is 0 Å². The van der Waals surface area contributed by atoms with Crippen LogP contribution in [0.25, 0.3) is 0 Å². The van der Waals surface area contributed by atoms with Crippen LogP contribution in [0, 0.1) is 0 Å². The molecule has 1 aliphatic carbocycles. The van der Waals surface area contributed by atoms with Crippen molar-refractivity contribution in [3.8, 4) is 0 Å². The van der Waals surface area contributed by atoms with Crippen LogP contribution in [0.5, 0.6) is 0 Å². The summed E-state index contributed by atoms with van der Waals surface area (Å²) in [5.74, 6) is 2.28. The first-order chi connectivity index (χ1) is 9.69. The molecule has 1 aromatic heterocycles. The van der Waals surface area contributed by atoms with E-state index in [-0.39, 0.29) is 0 Å². The van der Waals surface area contributed by atoms with E-state index in [1.807, 2.05) is 0 Å². The number of rotatable bonds is 5. The Morgan fingerprint density at radius 3 is 2.75 bits per heavy atom. The van der Waals surface area contributed by atoms with Crippen molar-refractivity contribution in [2.24, 2.45) is 0 Å². The average Bonchev–Trinajstić information content (AvgIpc) is 3.23. The highest BCUT2D eigenvalue weighted by Gasteiger charge is 2.37. The molecule has 1 atom stereocenters. The molecule has 1 saturated heterocycles. The first kappa shape index (κ1) is 14.3. The van der Waals surface area contributed by atoms with Crippen LogP contribution in [-0.2, 0) is 0 Å². The Morgan fingerprint density at radius 1 is 1.35 bits per heavy atom. The van der Waals surface area contributed by atoms with E-state index in [4.69, 9.17) is 0 Å². The minimum atomic E-state index is 0.323. The Balaban J connectivity index is 1.76. The van der Waals surface area contributed by atoms with Crippen LogP contribution < -0.4 is 0 Å². The van der Waals surface area contributed by atoms with Gasteiger partial charge >= 0.3 is 0 Å². The van der Waals surface area contributed by atoms with E-state index in [1.165, 1.54) is 31.4 Å². The summed E-state index contributed by atoms with van der Waals surface area (Å²) in [4.78, 5) is 2.58. The maximum atomic E-state index is 4.31. The minimum absolute atomic E-state index is 0.323. The van der Waals surface area contributed by atoms with Crippen LogP contribution in [0.1, 0.15) is 64.4 Å². The summed E-state index contributed by atoms with van der Waals surface area (Å²) in [5.41, 5.74) is 0. The number of tetrazole rings is 1. The molecular weight excluding hydrogens is 270 g/mol. The van der Waals surface area contributed by atoms with E-state index in [0.29, 0.717) is 16.8 Å². The molecule has 1 unspecified atom stereocenters. The summed E-state index contributed by atoms with van der Waals surface area (Å²) >= 11 is 2.15. The van der Waals surface area contributed by atoms with E-state index in [1.54, 1.807) is 0 Å². The van der Waals surface area contributed by atoms with Crippen molar-refractivity contribution in [1.82, 2.24) is 25.1 Å². The van der Waals surface area contributed by atoms with Gasteiger partial charge in [-0.1, -0.05) is 13.8 Å². The molecule has 6 heteroatoms. The van der Waals surface area contributed by atoms with Crippen LogP contribution in [0.4, 0.5) is 0 Å². The number of nitrogens with zero attached hydrogens (tertiary/aromatic N) is 5. The zero-order valence-corrected chi connectivity index (χ0v) is 13.6. The fourth-order valence-corrected chi connectivity index (χ4v) is 4.52. The lowest BCUT2D eigenvalue weighted by molar-refractivity contribution is 0.176. The number of hydrogen-bond acceptors (Lipinski definition) is 5. The quantitative estimate of drug-likeness (QED) is 0.836. The molecule has 112 valence electrons. The van der Waals surface area contributed by atoms with E-state index >= 15 is 0 Å². The molecule has 0 amide bonds. The Hall–Kier alpha value is -0.620. The van der Waals surface area contributed by atoms with Crippen molar-refractivity contribution in [1.29, 1.82) is 0 Å². The Morgan fingerprint density at radius 2 is 2.10 bits per heavy atom. The van der Waals surface area contributed by atoms with Gasteiger partial charge in [0.2, 0.25) is 0 Å². The van der Waals surface area contributed by atoms with Crippen LogP contribution in [-0.4, -0.2) is 48.7 Å². The van der Waals surface area contributed by atoms with Gasteiger partial charge in [-0.25, -0.2) is 4.68 Å². The van der Waals surface area contributed by atoms with Crippen molar-refractivity contribution in [2.45, 2.75) is 63.3 Å². The normalized spacial score (nSPS) is 24.8. The van der Waals surface area contributed by atoms with Gasteiger partial charge in [-0.15, -0.1) is 5.10 Å². The molecule has 0 aromatic carbocycles. The lowest BCUT2D eigenvalue weighted by Crippen LogP contribution is -2.47. The van der Waals surface area contributed by atoms with E-state index in [0.717, 1.165) is 18.9 Å².